The van der Waals surface area contributed by atoms with E-state index in [1.54, 1.807) is 6.07 Å². The van der Waals surface area contributed by atoms with Gasteiger partial charge in [-0.2, -0.15) is 0 Å². The molecule has 0 bridgehead atoms. The Morgan fingerprint density at radius 3 is 2.66 bits per heavy atom. The molecule has 0 spiro atoms. The molecule has 1 saturated heterocycles. The van der Waals surface area contributed by atoms with Crippen molar-refractivity contribution in [3.63, 3.8) is 0 Å². The van der Waals surface area contributed by atoms with E-state index in [1.807, 2.05) is 0 Å². The summed E-state index contributed by atoms with van der Waals surface area (Å²) < 4.78 is 18.9. The van der Waals surface area contributed by atoms with Gasteiger partial charge in [0.05, 0.1) is 10.5 Å². The van der Waals surface area contributed by atoms with Crippen molar-refractivity contribution < 1.29 is 23.4 Å². The number of carbonyl (C=O) groups is 2. The van der Waals surface area contributed by atoms with Gasteiger partial charge in [-0.15, -0.1) is 0 Å². The van der Waals surface area contributed by atoms with Crippen LogP contribution < -0.4 is 0 Å². The Morgan fingerprint density at radius 1 is 1.12 bits per heavy atom. The van der Waals surface area contributed by atoms with E-state index in [-0.39, 0.29) is 35.1 Å². The minimum Gasteiger partial charge on any atom is -0.360 e. The van der Waals surface area contributed by atoms with Gasteiger partial charge in [0.25, 0.3) is 17.5 Å². The third-order valence-corrected chi connectivity index (χ3v) is 6.24. The number of nitro groups is 1. The Balaban J connectivity index is 1.22. The molecule has 0 aliphatic carbocycles. The number of likely N-dealkylation sites (tertiary alicyclic amines) is 1. The zero-order valence-electron chi connectivity index (χ0n) is 17.0. The number of benzene rings is 2. The molecule has 2 amide bonds. The van der Waals surface area contributed by atoms with Gasteiger partial charge in [0.15, 0.2) is 0 Å². The molecule has 2 aliphatic rings. The van der Waals surface area contributed by atoms with Crippen LogP contribution in [0.5, 0.6) is 0 Å². The fourth-order valence-corrected chi connectivity index (χ4v) is 4.56. The number of piperidine rings is 1. The van der Waals surface area contributed by atoms with Crippen molar-refractivity contribution in [3.8, 4) is 0 Å². The summed E-state index contributed by atoms with van der Waals surface area (Å²) in [6, 6.07) is 8.53. The van der Waals surface area contributed by atoms with E-state index in [1.165, 1.54) is 30.3 Å². The number of aromatic nitrogens is 1. The van der Waals surface area contributed by atoms with Gasteiger partial charge in [0.1, 0.15) is 22.7 Å². The minimum atomic E-state index is -0.639. The van der Waals surface area contributed by atoms with Crippen LogP contribution in [-0.4, -0.2) is 57.9 Å². The summed E-state index contributed by atoms with van der Waals surface area (Å²) in [5.41, 5.74) is 0.108. The van der Waals surface area contributed by atoms with Crippen molar-refractivity contribution in [1.29, 1.82) is 0 Å². The molecule has 0 N–H and O–H groups in total. The predicted molar refractivity (Wildman–Crippen MR) is 111 cm³/mol. The number of carbonyl (C=O) groups excluding carboxylic acids is 2. The number of rotatable bonds is 5. The standard InChI is InChI=1S/C22H19FN4O5/c23-14-4-5-15-17(12-14)24-32-20(15)13-6-8-25(9-7-13)10-11-26-21(28)16-2-1-3-18(27(30)31)19(16)22(26)29/h1-5,12-13H,6-11H2. The molecule has 3 heterocycles. The molecule has 9 nitrogen and oxygen atoms in total. The fourth-order valence-electron chi connectivity index (χ4n) is 4.56. The zero-order chi connectivity index (χ0) is 22.4. The maximum absolute atomic E-state index is 13.4. The minimum absolute atomic E-state index is 0.0801. The van der Waals surface area contributed by atoms with Crippen LogP contribution >= 0.6 is 0 Å². The highest BCUT2D eigenvalue weighted by atomic mass is 19.1. The van der Waals surface area contributed by atoms with Crippen LogP contribution in [-0.2, 0) is 0 Å². The van der Waals surface area contributed by atoms with Gasteiger partial charge in [-0.1, -0.05) is 11.2 Å². The molecule has 1 fully saturated rings. The Morgan fingerprint density at radius 2 is 1.91 bits per heavy atom. The summed E-state index contributed by atoms with van der Waals surface area (Å²) in [6.07, 6.45) is 1.60. The van der Waals surface area contributed by atoms with Crippen LogP contribution in [0.15, 0.2) is 40.9 Å². The number of nitrogens with zero attached hydrogens (tertiary/aromatic N) is 4. The van der Waals surface area contributed by atoms with Crippen molar-refractivity contribution >= 4 is 28.4 Å². The van der Waals surface area contributed by atoms with Crippen LogP contribution in [0, 0.1) is 15.9 Å². The second-order valence-electron chi connectivity index (χ2n) is 8.04. The Kier molecular flexibility index (Phi) is 4.93. The van der Waals surface area contributed by atoms with Crippen LogP contribution in [0.4, 0.5) is 10.1 Å². The predicted octanol–water partition coefficient (Wildman–Crippen LogP) is 3.35. The largest absolute Gasteiger partial charge is 0.360 e. The molecule has 5 rings (SSSR count). The Hall–Kier alpha value is -3.66. The number of hydrogen-bond acceptors (Lipinski definition) is 7. The average Bonchev–Trinajstić information content (AvgIpc) is 3.31. The molecule has 0 saturated carbocycles. The summed E-state index contributed by atoms with van der Waals surface area (Å²) in [5, 5.41) is 16.0. The van der Waals surface area contributed by atoms with Crippen molar-refractivity contribution in [2.24, 2.45) is 0 Å². The summed E-state index contributed by atoms with van der Waals surface area (Å²) in [7, 11) is 0. The number of fused-ring (bicyclic) bond motifs is 2. The van der Waals surface area contributed by atoms with E-state index < -0.39 is 16.7 Å². The first kappa shape index (κ1) is 20.3. The summed E-state index contributed by atoms with van der Waals surface area (Å²) >= 11 is 0. The molecular weight excluding hydrogens is 419 g/mol. The maximum atomic E-state index is 13.4. The van der Waals surface area contributed by atoms with Gasteiger partial charge >= 0.3 is 0 Å². The van der Waals surface area contributed by atoms with Crippen molar-refractivity contribution in [2.45, 2.75) is 18.8 Å². The number of amides is 2. The van der Waals surface area contributed by atoms with Crippen LogP contribution in [0.25, 0.3) is 10.9 Å². The molecule has 2 aliphatic heterocycles. The summed E-state index contributed by atoms with van der Waals surface area (Å²) in [6.45, 7) is 2.11. The average molecular weight is 438 g/mol. The lowest BCUT2D eigenvalue weighted by Gasteiger charge is -2.31. The van der Waals surface area contributed by atoms with Gasteiger partial charge in [0.2, 0.25) is 0 Å². The molecular formula is C22H19FN4O5. The van der Waals surface area contributed by atoms with E-state index in [2.05, 4.69) is 10.1 Å². The molecule has 32 heavy (non-hydrogen) atoms. The van der Waals surface area contributed by atoms with Gasteiger partial charge in [-0.05, 0) is 44.1 Å². The molecule has 164 valence electrons. The highest BCUT2D eigenvalue weighted by Crippen LogP contribution is 2.34. The second kappa shape index (κ2) is 7.79. The number of imide groups is 1. The number of nitro benzene ring substituents is 1. The molecule has 0 radical (unpaired) electrons. The second-order valence-corrected chi connectivity index (χ2v) is 8.04. The molecule has 10 heteroatoms. The Labute approximate surface area is 181 Å². The molecule has 3 aromatic rings. The van der Waals surface area contributed by atoms with Gasteiger partial charge < -0.3 is 9.42 Å². The summed E-state index contributed by atoms with van der Waals surface area (Å²) in [5.74, 6) is -0.557. The lowest BCUT2D eigenvalue weighted by Crippen LogP contribution is -2.41. The smallest absolute Gasteiger partial charge is 0.282 e. The zero-order valence-corrected chi connectivity index (χ0v) is 17.0. The highest BCUT2D eigenvalue weighted by Gasteiger charge is 2.41. The quantitative estimate of drug-likeness (QED) is 0.341. The van der Waals surface area contributed by atoms with E-state index in [0.29, 0.717) is 12.1 Å². The van der Waals surface area contributed by atoms with E-state index in [0.717, 1.165) is 42.0 Å². The first-order valence-electron chi connectivity index (χ1n) is 10.3. The fraction of sp³-hybridized carbons (Fsp3) is 0.318. The molecule has 0 unspecified atom stereocenters. The van der Waals surface area contributed by atoms with Crippen LogP contribution in [0.3, 0.4) is 0 Å². The maximum Gasteiger partial charge on any atom is 0.282 e. The topological polar surface area (TPSA) is 110 Å². The number of halogens is 1. The third-order valence-electron chi connectivity index (χ3n) is 6.24. The van der Waals surface area contributed by atoms with Gasteiger partial charge in [-0.3, -0.25) is 24.6 Å². The van der Waals surface area contributed by atoms with E-state index in [9.17, 15) is 24.1 Å². The van der Waals surface area contributed by atoms with E-state index in [4.69, 9.17) is 4.52 Å². The SMILES string of the molecule is O=C1c2cccc([N+](=O)[O-])c2C(=O)N1CCN1CCC(c2onc3cc(F)ccc23)CC1. The number of hydrogen-bond donors (Lipinski definition) is 0. The lowest BCUT2D eigenvalue weighted by atomic mass is 9.92. The van der Waals surface area contributed by atoms with E-state index >= 15 is 0 Å². The molecule has 0 atom stereocenters. The van der Waals surface area contributed by atoms with Gasteiger partial charge in [-0.25, -0.2) is 4.39 Å². The highest BCUT2D eigenvalue weighted by molar-refractivity contribution is 6.23. The van der Waals surface area contributed by atoms with Gasteiger partial charge in [0, 0.05) is 36.5 Å². The molecule has 2 aromatic carbocycles. The third kappa shape index (κ3) is 3.32. The molecule has 1 aromatic heterocycles. The van der Waals surface area contributed by atoms with Crippen molar-refractivity contribution in [3.05, 3.63) is 69.2 Å². The van der Waals surface area contributed by atoms with Crippen molar-refractivity contribution in [2.75, 3.05) is 26.2 Å². The first-order chi connectivity index (χ1) is 15.4. The Bertz CT molecular complexity index is 1250. The van der Waals surface area contributed by atoms with Crippen LogP contribution in [0.1, 0.15) is 45.2 Å². The van der Waals surface area contributed by atoms with Crippen molar-refractivity contribution in [1.82, 2.24) is 15.0 Å². The first-order valence-corrected chi connectivity index (χ1v) is 10.3. The normalized spacial score (nSPS) is 17.3. The lowest BCUT2D eigenvalue weighted by molar-refractivity contribution is -0.385. The summed E-state index contributed by atoms with van der Waals surface area (Å²) in [4.78, 5) is 39.2. The van der Waals surface area contributed by atoms with Crippen LogP contribution in [0.2, 0.25) is 0 Å². The monoisotopic (exact) mass is 438 g/mol.